The zero-order valence-corrected chi connectivity index (χ0v) is 12.8. The first-order chi connectivity index (χ1) is 10.5. The number of benzene rings is 1. The molecule has 1 aromatic heterocycles. The van der Waals surface area contributed by atoms with E-state index in [4.69, 9.17) is 16.3 Å². The number of hydrogen-bond acceptors (Lipinski definition) is 4. The number of amides is 2. The maximum absolute atomic E-state index is 12.0. The van der Waals surface area contributed by atoms with E-state index >= 15 is 0 Å². The summed E-state index contributed by atoms with van der Waals surface area (Å²) in [5, 5.41) is 5.31. The summed E-state index contributed by atoms with van der Waals surface area (Å²) >= 11 is 5.87. The number of pyridine rings is 1. The highest BCUT2D eigenvalue weighted by Crippen LogP contribution is 2.27. The minimum absolute atomic E-state index is 0.313. The van der Waals surface area contributed by atoms with Crippen LogP contribution in [0.15, 0.2) is 36.5 Å². The van der Waals surface area contributed by atoms with Gasteiger partial charge in [0.25, 0.3) is 0 Å². The summed E-state index contributed by atoms with van der Waals surface area (Å²) in [4.78, 5) is 27.9. The van der Waals surface area contributed by atoms with E-state index in [2.05, 4.69) is 15.6 Å². The molecule has 0 unspecified atom stereocenters. The summed E-state index contributed by atoms with van der Waals surface area (Å²) in [5.41, 5.74) is 1.07. The van der Waals surface area contributed by atoms with Crippen LogP contribution in [0.25, 0.3) is 0 Å². The summed E-state index contributed by atoms with van der Waals surface area (Å²) in [5.74, 6) is -0.935. The van der Waals surface area contributed by atoms with Gasteiger partial charge < -0.3 is 15.4 Å². The fourth-order valence-electron chi connectivity index (χ4n) is 1.74. The Morgan fingerprint density at radius 3 is 2.59 bits per heavy atom. The van der Waals surface area contributed by atoms with Gasteiger partial charge in [-0.15, -0.1) is 0 Å². The molecule has 1 aromatic carbocycles. The van der Waals surface area contributed by atoms with Gasteiger partial charge in [-0.25, -0.2) is 4.98 Å². The Balaban J connectivity index is 2.11. The maximum Gasteiger partial charge on any atom is 0.315 e. The highest BCUT2D eigenvalue weighted by atomic mass is 35.5. The third-order valence-electron chi connectivity index (χ3n) is 2.86. The number of carbonyl (C=O) groups excluding carboxylic acids is 2. The van der Waals surface area contributed by atoms with Crippen molar-refractivity contribution in [3.8, 4) is 5.75 Å². The Labute approximate surface area is 132 Å². The minimum atomic E-state index is -0.842. The van der Waals surface area contributed by atoms with Crippen LogP contribution < -0.4 is 15.4 Å². The van der Waals surface area contributed by atoms with Gasteiger partial charge in [0.2, 0.25) is 0 Å². The molecule has 7 heteroatoms. The quantitative estimate of drug-likeness (QED) is 0.852. The zero-order valence-electron chi connectivity index (χ0n) is 12.0. The molecule has 2 aromatic rings. The smallest absolute Gasteiger partial charge is 0.315 e. The highest BCUT2D eigenvalue weighted by Gasteiger charge is 2.17. The maximum atomic E-state index is 12.0. The van der Waals surface area contributed by atoms with Gasteiger partial charge in [0.15, 0.2) is 0 Å². The number of aromatic nitrogens is 1. The predicted octanol–water partition coefficient (Wildman–Crippen LogP) is 2.63. The summed E-state index contributed by atoms with van der Waals surface area (Å²) < 4.78 is 5.10. The van der Waals surface area contributed by atoms with Crippen molar-refractivity contribution in [2.45, 2.75) is 6.92 Å². The van der Waals surface area contributed by atoms with Gasteiger partial charge in [0.05, 0.1) is 12.8 Å². The molecule has 0 aliphatic rings. The highest BCUT2D eigenvalue weighted by molar-refractivity contribution is 6.43. The fourth-order valence-corrected chi connectivity index (χ4v) is 1.91. The van der Waals surface area contributed by atoms with Crippen molar-refractivity contribution in [1.82, 2.24) is 4.98 Å². The van der Waals surface area contributed by atoms with E-state index in [0.717, 1.165) is 5.56 Å². The van der Waals surface area contributed by atoms with Gasteiger partial charge >= 0.3 is 11.8 Å². The molecule has 114 valence electrons. The van der Waals surface area contributed by atoms with Crippen molar-refractivity contribution in [1.29, 1.82) is 0 Å². The molecule has 0 radical (unpaired) electrons. The molecular weight excluding hydrogens is 306 g/mol. The van der Waals surface area contributed by atoms with Crippen molar-refractivity contribution < 1.29 is 14.3 Å². The van der Waals surface area contributed by atoms with Crippen LogP contribution in [0.3, 0.4) is 0 Å². The number of halogens is 1. The third-order valence-corrected chi connectivity index (χ3v) is 3.09. The largest absolute Gasteiger partial charge is 0.495 e. The first-order valence-corrected chi connectivity index (χ1v) is 6.76. The van der Waals surface area contributed by atoms with Crippen LogP contribution >= 0.6 is 11.6 Å². The molecule has 2 rings (SSSR count). The molecule has 2 amide bonds. The van der Waals surface area contributed by atoms with Crippen LogP contribution in [0, 0.1) is 6.92 Å². The van der Waals surface area contributed by atoms with Crippen LogP contribution in [0.5, 0.6) is 5.75 Å². The number of nitrogens with one attached hydrogen (secondary N) is 2. The van der Waals surface area contributed by atoms with E-state index in [1.165, 1.54) is 19.4 Å². The molecule has 1 heterocycles. The van der Waals surface area contributed by atoms with Gasteiger partial charge in [-0.3, -0.25) is 9.59 Å². The number of methoxy groups -OCH3 is 1. The normalized spacial score (nSPS) is 9.95. The number of aryl methyl sites for hydroxylation is 1. The Bertz CT molecular complexity index is 719. The number of carbonyl (C=O) groups is 2. The van der Waals surface area contributed by atoms with Crippen LogP contribution in [-0.2, 0) is 9.59 Å². The van der Waals surface area contributed by atoms with E-state index in [1.54, 1.807) is 31.2 Å². The summed E-state index contributed by atoms with van der Waals surface area (Å²) in [6.45, 7) is 1.78. The molecule has 0 spiro atoms. The average molecular weight is 320 g/mol. The lowest BCUT2D eigenvalue weighted by molar-refractivity contribution is -0.133. The first kappa shape index (κ1) is 15.8. The number of ether oxygens (including phenoxy) is 1. The molecule has 0 saturated heterocycles. The second kappa shape index (κ2) is 6.91. The van der Waals surface area contributed by atoms with Gasteiger partial charge in [-0.1, -0.05) is 17.7 Å². The summed E-state index contributed by atoms with van der Waals surface area (Å²) in [6.07, 6.45) is 1.53. The molecule has 0 bridgehead atoms. The number of anilines is 2. The molecule has 0 aliphatic carbocycles. The van der Waals surface area contributed by atoms with Crippen molar-refractivity contribution in [3.05, 3.63) is 47.1 Å². The molecule has 0 aliphatic heterocycles. The minimum Gasteiger partial charge on any atom is -0.495 e. The van der Waals surface area contributed by atoms with Gasteiger partial charge in [0.1, 0.15) is 11.6 Å². The summed E-state index contributed by atoms with van der Waals surface area (Å²) in [6, 6.07) is 8.23. The first-order valence-electron chi connectivity index (χ1n) is 6.38. The van der Waals surface area contributed by atoms with Crippen molar-refractivity contribution in [2.24, 2.45) is 0 Å². The molecular formula is C15H14ClN3O3. The van der Waals surface area contributed by atoms with Crippen LogP contribution in [0.4, 0.5) is 11.5 Å². The second-order valence-corrected chi connectivity index (χ2v) is 4.86. The third kappa shape index (κ3) is 3.73. The Morgan fingerprint density at radius 1 is 1.18 bits per heavy atom. The van der Waals surface area contributed by atoms with Crippen LogP contribution in [0.1, 0.15) is 5.56 Å². The molecule has 0 atom stereocenters. The van der Waals surface area contributed by atoms with Crippen molar-refractivity contribution in [3.63, 3.8) is 0 Å². The fraction of sp³-hybridized carbons (Fsp3) is 0.133. The second-order valence-electron chi connectivity index (χ2n) is 4.42. The summed E-state index contributed by atoms with van der Waals surface area (Å²) in [7, 11) is 1.45. The van der Waals surface area contributed by atoms with E-state index in [0.29, 0.717) is 22.3 Å². The van der Waals surface area contributed by atoms with Gasteiger partial charge in [-0.2, -0.15) is 0 Å². The molecule has 6 nitrogen and oxygen atoms in total. The monoisotopic (exact) mass is 319 g/mol. The van der Waals surface area contributed by atoms with Crippen molar-refractivity contribution >= 4 is 34.9 Å². The van der Waals surface area contributed by atoms with E-state index < -0.39 is 11.8 Å². The standard InChI is InChI=1S/C15H14ClN3O3/c1-9-4-3-7-17-13(9)19-15(21)14(20)18-11-8-10(16)5-6-12(11)22-2/h3-8H,1-2H3,(H,18,20)(H,17,19,21). The van der Waals surface area contributed by atoms with E-state index in [9.17, 15) is 9.59 Å². The zero-order chi connectivity index (χ0) is 16.1. The van der Waals surface area contributed by atoms with Crippen LogP contribution in [-0.4, -0.2) is 23.9 Å². The lowest BCUT2D eigenvalue weighted by Crippen LogP contribution is -2.29. The number of rotatable bonds is 3. The Hall–Kier alpha value is -2.60. The van der Waals surface area contributed by atoms with E-state index in [-0.39, 0.29) is 0 Å². The Kier molecular flexibility index (Phi) is 4.95. The topological polar surface area (TPSA) is 80.3 Å². The van der Waals surface area contributed by atoms with Crippen molar-refractivity contribution in [2.75, 3.05) is 17.7 Å². The molecule has 2 N–H and O–H groups in total. The van der Waals surface area contributed by atoms with E-state index in [1.807, 2.05) is 0 Å². The molecule has 0 saturated carbocycles. The lowest BCUT2D eigenvalue weighted by Gasteiger charge is -2.11. The molecule has 22 heavy (non-hydrogen) atoms. The number of hydrogen-bond donors (Lipinski definition) is 2. The Morgan fingerprint density at radius 2 is 1.91 bits per heavy atom. The molecule has 0 fully saturated rings. The predicted molar refractivity (Wildman–Crippen MR) is 84.2 cm³/mol. The van der Waals surface area contributed by atoms with Gasteiger partial charge in [0, 0.05) is 11.2 Å². The van der Waals surface area contributed by atoms with Crippen LogP contribution in [0.2, 0.25) is 5.02 Å². The SMILES string of the molecule is COc1ccc(Cl)cc1NC(=O)C(=O)Nc1ncccc1C. The lowest BCUT2D eigenvalue weighted by atomic mass is 10.2. The average Bonchev–Trinajstić information content (AvgIpc) is 2.49. The number of nitrogens with zero attached hydrogens (tertiary/aromatic N) is 1. The van der Waals surface area contributed by atoms with Gasteiger partial charge in [-0.05, 0) is 36.8 Å².